The number of aromatic nitrogens is 1. The lowest BCUT2D eigenvalue weighted by atomic mass is 10.0. The molecule has 28 heavy (non-hydrogen) atoms. The van der Waals surface area contributed by atoms with Crippen molar-refractivity contribution in [1.29, 1.82) is 0 Å². The number of hydrogen-bond donors (Lipinski definition) is 1. The second-order valence-electron chi connectivity index (χ2n) is 6.51. The van der Waals surface area contributed by atoms with E-state index in [0.29, 0.717) is 13.0 Å². The molecule has 140 valence electrons. The van der Waals surface area contributed by atoms with E-state index in [1.54, 1.807) is 11.2 Å². The first-order chi connectivity index (χ1) is 13.7. The quantitative estimate of drug-likeness (QED) is 0.668. The molecule has 5 nitrogen and oxygen atoms in total. The van der Waals surface area contributed by atoms with Crippen LogP contribution in [0, 0.1) is 0 Å². The van der Waals surface area contributed by atoms with E-state index < -0.39 is 0 Å². The zero-order valence-corrected chi connectivity index (χ0v) is 16.0. The average Bonchev–Trinajstić information content (AvgIpc) is 3.20. The predicted octanol–water partition coefficient (Wildman–Crippen LogP) is 4.06. The van der Waals surface area contributed by atoms with Crippen LogP contribution in [0.15, 0.2) is 84.1 Å². The Morgan fingerprint density at radius 3 is 2.46 bits per heavy atom. The lowest BCUT2D eigenvalue weighted by Crippen LogP contribution is -2.31. The molecule has 2 heterocycles. The minimum atomic E-state index is -0.0438. The molecule has 4 rings (SSSR count). The number of rotatable bonds is 5. The fourth-order valence-electron chi connectivity index (χ4n) is 3.19. The van der Waals surface area contributed by atoms with E-state index in [2.05, 4.69) is 10.1 Å². The van der Waals surface area contributed by atoms with Crippen molar-refractivity contribution in [2.45, 2.75) is 19.1 Å². The van der Waals surface area contributed by atoms with E-state index in [9.17, 15) is 0 Å². The Morgan fingerprint density at radius 2 is 1.79 bits per heavy atom. The van der Waals surface area contributed by atoms with Gasteiger partial charge in [-0.1, -0.05) is 48.5 Å². The molecule has 1 unspecified atom stereocenters. The SMILES string of the molecule is NC(=S)N1N=C(c2ccccn2)CC1c1ccc(OCc2ccccc2)cc1. The maximum Gasteiger partial charge on any atom is 0.187 e. The van der Waals surface area contributed by atoms with E-state index in [4.69, 9.17) is 22.7 Å². The number of hydrogen-bond acceptors (Lipinski definition) is 4. The third-order valence-electron chi connectivity index (χ3n) is 4.61. The summed E-state index contributed by atoms with van der Waals surface area (Å²) in [6.45, 7) is 0.537. The zero-order valence-electron chi connectivity index (χ0n) is 15.2. The monoisotopic (exact) mass is 388 g/mol. The van der Waals surface area contributed by atoms with Crippen LogP contribution in [-0.2, 0) is 6.61 Å². The zero-order chi connectivity index (χ0) is 19.3. The van der Waals surface area contributed by atoms with Gasteiger partial charge in [0, 0.05) is 12.6 Å². The predicted molar refractivity (Wildman–Crippen MR) is 114 cm³/mol. The molecule has 3 aromatic rings. The van der Waals surface area contributed by atoms with Gasteiger partial charge in [0.1, 0.15) is 12.4 Å². The highest BCUT2D eigenvalue weighted by atomic mass is 32.1. The fraction of sp³-hybridized carbons (Fsp3) is 0.136. The first kappa shape index (κ1) is 18.1. The normalized spacial score (nSPS) is 15.9. The van der Waals surface area contributed by atoms with E-state index >= 15 is 0 Å². The highest BCUT2D eigenvalue weighted by Gasteiger charge is 2.30. The van der Waals surface area contributed by atoms with Gasteiger partial charge in [-0.25, -0.2) is 5.01 Å². The van der Waals surface area contributed by atoms with Gasteiger partial charge in [0.15, 0.2) is 5.11 Å². The van der Waals surface area contributed by atoms with Gasteiger partial charge in [0.05, 0.1) is 17.4 Å². The number of pyridine rings is 1. The largest absolute Gasteiger partial charge is 0.489 e. The maximum absolute atomic E-state index is 5.91. The van der Waals surface area contributed by atoms with Crippen molar-refractivity contribution >= 4 is 23.0 Å². The maximum atomic E-state index is 5.91. The summed E-state index contributed by atoms with van der Waals surface area (Å²) in [5, 5.41) is 6.55. The third-order valence-corrected chi connectivity index (χ3v) is 4.80. The van der Waals surface area contributed by atoms with Crippen LogP contribution in [0.25, 0.3) is 0 Å². The summed E-state index contributed by atoms with van der Waals surface area (Å²) in [5.41, 5.74) is 9.85. The molecule has 1 aliphatic rings. The Kier molecular flexibility index (Phi) is 5.30. The summed E-state index contributed by atoms with van der Waals surface area (Å²) in [7, 11) is 0. The minimum absolute atomic E-state index is 0.0438. The number of nitrogens with zero attached hydrogens (tertiary/aromatic N) is 3. The van der Waals surface area contributed by atoms with Crippen molar-refractivity contribution in [3.05, 3.63) is 95.8 Å². The average molecular weight is 388 g/mol. The number of thiocarbonyl (C=S) groups is 1. The molecule has 1 aliphatic heterocycles. The molecule has 0 saturated carbocycles. The van der Waals surface area contributed by atoms with Gasteiger partial charge in [-0.15, -0.1) is 0 Å². The molecule has 0 fully saturated rings. The molecular formula is C22H20N4OS. The molecule has 6 heteroatoms. The molecule has 1 atom stereocenters. The van der Waals surface area contributed by atoms with Crippen LogP contribution in [0.2, 0.25) is 0 Å². The van der Waals surface area contributed by atoms with Gasteiger partial charge < -0.3 is 10.5 Å². The summed E-state index contributed by atoms with van der Waals surface area (Å²) >= 11 is 5.21. The number of hydrazone groups is 1. The van der Waals surface area contributed by atoms with Gasteiger partial charge in [0.25, 0.3) is 0 Å². The summed E-state index contributed by atoms with van der Waals surface area (Å²) < 4.78 is 5.87. The van der Waals surface area contributed by atoms with E-state index in [0.717, 1.165) is 28.3 Å². The molecule has 0 saturated heterocycles. The van der Waals surface area contributed by atoms with Crippen LogP contribution >= 0.6 is 12.2 Å². The summed E-state index contributed by atoms with van der Waals surface area (Å²) in [5.74, 6) is 0.818. The first-order valence-corrected chi connectivity index (χ1v) is 9.46. The van der Waals surface area contributed by atoms with Gasteiger partial charge in [-0.05, 0) is 47.6 Å². The minimum Gasteiger partial charge on any atom is -0.489 e. The number of benzene rings is 2. The van der Waals surface area contributed by atoms with Crippen molar-refractivity contribution < 1.29 is 4.74 Å². The van der Waals surface area contributed by atoms with Crippen LogP contribution in [0.1, 0.15) is 29.3 Å². The van der Waals surface area contributed by atoms with Crippen LogP contribution in [0.4, 0.5) is 0 Å². The van der Waals surface area contributed by atoms with Gasteiger partial charge >= 0.3 is 0 Å². The first-order valence-electron chi connectivity index (χ1n) is 9.05. The van der Waals surface area contributed by atoms with E-state index in [1.807, 2.05) is 72.8 Å². The van der Waals surface area contributed by atoms with Gasteiger partial charge in [0.2, 0.25) is 0 Å². The Bertz CT molecular complexity index is 974. The Labute approximate surface area is 169 Å². The molecule has 0 bridgehead atoms. The van der Waals surface area contributed by atoms with Crippen molar-refractivity contribution in [3.63, 3.8) is 0 Å². The number of ether oxygens (including phenoxy) is 1. The highest BCUT2D eigenvalue weighted by Crippen LogP contribution is 2.33. The topological polar surface area (TPSA) is 63.7 Å². The van der Waals surface area contributed by atoms with Crippen LogP contribution < -0.4 is 10.5 Å². The Hall–Kier alpha value is -3.25. The second-order valence-corrected chi connectivity index (χ2v) is 6.93. The smallest absolute Gasteiger partial charge is 0.187 e. The molecule has 2 N–H and O–H groups in total. The summed E-state index contributed by atoms with van der Waals surface area (Å²) in [6, 6.07) is 23.8. The third kappa shape index (κ3) is 4.02. The number of nitrogens with two attached hydrogens (primary N) is 1. The molecule has 1 aromatic heterocycles. The molecule has 0 spiro atoms. The second kappa shape index (κ2) is 8.19. The Balaban J connectivity index is 1.48. The van der Waals surface area contributed by atoms with Gasteiger partial charge in [-0.3, -0.25) is 4.98 Å². The van der Waals surface area contributed by atoms with Crippen LogP contribution in [0.5, 0.6) is 5.75 Å². The van der Waals surface area contributed by atoms with E-state index in [1.165, 1.54) is 0 Å². The molecule has 2 aromatic carbocycles. The van der Waals surface area contributed by atoms with Crippen molar-refractivity contribution in [2.75, 3.05) is 0 Å². The molecule has 0 aliphatic carbocycles. The van der Waals surface area contributed by atoms with Crippen LogP contribution in [0.3, 0.4) is 0 Å². The van der Waals surface area contributed by atoms with Crippen molar-refractivity contribution in [3.8, 4) is 5.75 Å². The molecular weight excluding hydrogens is 368 g/mol. The lowest BCUT2D eigenvalue weighted by molar-refractivity contribution is 0.305. The van der Waals surface area contributed by atoms with Gasteiger partial charge in [-0.2, -0.15) is 5.10 Å². The van der Waals surface area contributed by atoms with Crippen molar-refractivity contribution in [1.82, 2.24) is 9.99 Å². The molecule has 0 amide bonds. The molecule has 0 radical (unpaired) electrons. The fourth-order valence-corrected chi connectivity index (χ4v) is 3.36. The van der Waals surface area contributed by atoms with Crippen LogP contribution in [-0.4, -0.2) is 20.8 Å². The lowest BCUT2D eigenvalue weighted by Gasteiger charge is -2.22. The van der Waals surface area contributed by atoms with E-state index in [-0.39, 0.29) is 11.2 Å². The Morgan fingerprint density at radius 1 is 1.04 bits per heavy atom. The highest BCUT2D eigenvalue weighted by molar-refractivity contribution is 7.80. The standard InChI is InChI=1S/C22H20N4OS/c23-22(28)26-21(14-20(25-26)19-8-4-5-13-24-19)17-9-11-18(12-10-17)27-15-16-6-2-1-3-7-16/h1-13,21H,14-15H2,(H2,23,28). The summed E-state index contributed by atoms with van der Waals surface area (Å²) in [6.07, 6.45) is 2.45. The van der Waals surface area contributed by atoms with Crippen molar-refractivity contribution in [2.24, 2.45) is 10.8 Å². The summed E-state index contributed by atoms with van der Waals surface area (Å²) in [4.78, 5) is 4.39.